The highest BCUT2D eigenvalue weighted by Crippen LogP contribution is 2.27. The van der Waals surface area contributed by atoms with E-state index in [0.717, 1.165) is 66.8 Å². The molecule has 198 valence electrons. The third-order valence-corrected chi connectivity index (χ3v) is 7.49. The van der Waals surface area contributed by atoms with Gasteiger partial charge < -0.3 is 19.9 Å². The van der Waals surface area contributed by atoms with E-state index in [9.17, 15) is 9.90 Å². The minimum Gasteiger partial charge on any atom is -0.390 e. The smallest absolute Gasteiger partial charge is 0.271 e. The Morgan fingerprint density at radius 2 is 1.78 bits per heavy atom. The number of anilines is 1. The van der Waals surface area contributed by atoms with Gasteiger partial charge in [0.25, 0.3) is 5.91 Å². The van der Waals surface area contributed by atoms with Gasteiger partial charge in [-0.05, 0) is 57.0 Å². The van der Waals surface area contributed by atoms with Crippen molar-refractivity contribution in [3.8, 4) is 5.69 Å². The van der Waals surface area contributed by atoms with Crippen LogP contribution in [0.5, 0.6) is 0 Å². The fourth-order valence-electron chi connectivity index (χ4n) is 4.97. The summed E-state index contributed by atoms with van der Waals surface area (Å²) in [6.07, 6.45) is 1.07. The van der Waals surface area contributed by atoms with E-state index >= 15 is 0 Å². The number of aliphatic hydroxyl groups excluding tert-OH is 1. The van der Waals surface area contributed by atoms with Crippen molar-refractivity contribution in [2.75, 3.05) is 44.2 Å². The normalized spacial score (nSPS) is 15.1. The van der Waals surface area contributed by atoms with Gasteiger partial charge in [-0.15, -0.1) is 0 Å². The molecule has 0 saturated carbocycles. The zero-order chi connectivity index (χ0) is 26.5. The van der Waals surface area contributed by atoms with E-state index in [-0.39, 0.29) is 12.5 Å². The van der Waals surface area contributed by atoms with Gasteiger partial charge in [0, 0.05) is 62.1 Å². The van der Waals surface area contributed by atoms with E-state index in [4.69, 9.17) is 11.6 Å². The Hall–Kier alpha value is -2.87. The molecule has 1 aliphatic heterocycles. The summed E-state index contributed by atoms with van der Waals surface area (Å²) in [5, 5.41) is 14.4. The topological polar surface area (TPSA) is 73.6 Å². The highest BCUT2D eigenvalue weighted by Gasteiger charge is 2.23. The molecule has 2 N–H and O–H groups in total. The van der Waals surface area contributed by atoms with Crippen molar-refractivity contribution in [3.63, 3.8) is 0 Å². The van der Waals surface area contributed by atoms with Crippen LogP contribution in [0.2, 0.25) is 5.02 Å². The van der Waals surface area contributed by atoms with Crippen LogP contribution in [-0.2, 0) is 6.42 Å². The average Bonchev–Trinajstić information content (AvgIpc) is 3.21. The zero-order valence-electron chi connectivity index (χ0n) is 22.3. The molecule has 0 spiro atoms. The van der Waals surface area contributed by atoms with Gasteiger partial charge in [0.1, 0.15) is 11.5 Å². The highest BCUT2D eigenvalue weighted by atomic mass is 35.5. The maximum atomic E-state index is 13.0. The monoisotopic (exact) mass is 523 g/mol. The summed E-state index contributed by atoms with van der Waals surface area (Å²) in [7, 11) is 0. The number of halogens is 1. The first-order chi connectivity index (χ1) is 17.8. The van der Waals surface area contributed by atoms with Crippen LogP contribution in [-0.4, -0.2) is 70.8 Å². The van der Waals surface area contributed by atoms with Crippen LogP contribution < -0.4 is 10.2 Å². The highest BCUT2D eigenvalue weighted by molar-refractivity contribution is 6.31. The number of aryl methyl sites for hydroxylation is 2. The minimum absolute atomic E-state index is 0.187. The maximum Gasteiger partial charge on any atom is 0.271 e. The molecule has 2 aromatic carbocycles. The van der Waals surface area contributed by atoms with E-state index in [1.54, 1.807) is 0 Å². The van der Waals surface area contributed by atoms with Gasteiger partial charge in [0.05, 0.1) is 11.8 Å². The fourth-order valence-corrected chi connectivity index (χ4v) is 5.14. The number of carbonyl (C=O) groups excluding carboxylic acids is 1. The summed E-state index contributed by atoms with van der Waals surface area (Å²) in [6.45, 7) is 12.3. The van der Waals surface area contributed by atoms with Crippen molar-refractivity contribution >= 4 is 23.2 Å². The fraction of sp³-hybridized carbons (Fsp3) is 0.448. The third kappa shape index (κ3) is 6.35. The SMILES string of the molecule is CCCc1nc(C(=O)NCC(O)CN2CCN(c3cccc(Cl)c3C)CC2)c(C)n1-c1ccc(C)cc1. The molecule has 37 heavy (non-hydrogen) atoms. The van der Waals surface area contributed by atoms with E-state index in [2.05, 4.69) is 68.8 Å². The maximum absolute atomic E-state index is 13.0. The first-order valence-corrected chi connectivity index (χ1v) is 13.5. The number of imidazole rings is 1. The van der Waals surface area contributed by atoms with Crippen molar-refractivity contribution in [2.45, 2.75) is 46.6 Å². The molecule has 8 heteroatoms. The van der Waals surface area contributed by atoms with Crippen LogP contribution in [0.25, 0.3) is 5.69 Å². The number of β-amino-alcohol motifs (C(OH)–C–C–N with tert-alkyl or cyclic N) is 1. The van der Waals surface area contributed by atoms with E-state index in [1.807, 2.05) is 26.0 Å². The number of carbonyl (C=O) groups is 1. The lowest BCUT2D eigenvalue weighted by molar-refractivity contribution is 0.0847. The largest absolute Gasteiger partial charge is 0.390 e. The molecule has 1 atom stereocenters. The Balaban J connectivity index is 1.33. The molecule has 1 aromatic heterocycles. The summed E-state index contributed by atoms with van der Waals surface area (Å²) < 4.78 is 2.06. The summed E-state index contributed by atoms with van der Waals surface area (Å²) in [6, 6.07) is 14.3. The first kappa shape index (κ1) is 27.2. The molecule has 0 aliphatic carbocycles. The molecule has 0 bridgehead atoms. The first-order valence-electron chi connectivity index (χ1n) is 13.1. The summed E-state index contributed by atoms with van der Waals surface area (Å²) in [4.78, 5) is 22.3. The molecule has 3 aromatic rings. The second-order valence-electron chi connectivity index (χ2n) is 9.92. The average molecular weight is 524 g/mol. The van der Waals surface area contributed by atoms with Crippen molar-refractivity contribution in [1.29, 1.82) is 0 Å². The number of hydrogen-bond donors (Lipinski definition) is 2. The van der Waals surface area contributed by atoms with E-state index < -0.39 is 6.10 Å². The molecule has 1 unspecified atom stereocenters. The lowest BCUT2D eigenvalue weighted by Gasteiger charge is -2.37. The van der Waals surface area contributed by atoms with Gasteiger partial charge in [-0.3, -0.25) is 9.69 Å². The van der Waals surface area contributed by atoms with Crippen molar-refractivity contribution in [2.24, 2.45) is 0 Å². The van der Waals surface area contributed by atoms with Crippen molar-refractivity contribution < 1.29 is 9.90 Å². The molecule has 4 rings (SSSR count). The van der Waals surface area contributed by atoms with Crippen LogP contribution in [0, 0.1) is 20.8 Å². The van der Waals surface area contributed by atoms with Crippen LogP contribution >= 0.6 is 11.6 Å². The predicted molar refractivity (Wildman–Crippen MR) is 150 cm³/mol. The van der Waals surface area contributed by atoms with E-state index in [0.29, 0.717) is 12.2 Å². The number of hydrogen-bond acceptors (Lipinski definition) is 5. The lowest BCUT2D eigenvalue weighted by Crippen LogP contribution is -2.50. The molecular formula is C29H38ClN5O2. The summed E-state index contributed by atoms with van der Waals surface area (Å²) in [5.41, 5.74) is 5.69. The number of aliphatic hydroxyl groups is 1. The minimum atomic E-state index is -0.655. The summed E-state index contributed by atoms with van der Waals surface area (Å²) in [5.74, 6) is 0.628. The summed E-state index contributed by atoms with van der Waals surface area (Å²) >= 11 is 6.30. The number of aromatic nitrogens is 2. The van der Waals surface area contributed by atoms with Gasteiger partial charge >= 0.3 is 0 Å². The Labute approximate surface area is 225 Å². The number of benzene rings is 2. The number of rotatable bonds is 9. The molecule has 1 saturated heterocycles. The van der Waals surface area contributed by atoms with Gasteiger partial charge in [-0.2, -0.15) is 0 Å². The Morgan fingerprint density at radius 1 is 1.08 bits per heavy atom. The van der Waals surface area contributed by atoms with Crippen LogP contribution in [0.15, 0.2) is 42.5 Å². The quantitative estimate of drug-likeness (QED) is 0.437. The predicted octanol–water partition coefficient (Wildman–Crippen LogP) is 4.32. The van der Waals surface area contributed by atoms with Gasteiger partial charge in [-0.25, -0.2) is 4.98 Å². The molecule has 7 nitrogen and oxygen atoms in total. The van der Waals surface area contributed by atoms with Gasteiger partial charge in [0.2, 0.25) is 0 Å². The molecule has 1 amide bonds. The standard InChI is InChI=1S/C29H38ClN5O2/c1-5-7-27-32-28(22(4)35(27)23-12-10-20(2)11-13-23)29(37)31-18-24(36)19-33-14-16-34(17-15-33)26-9-6-8-25(30)21(26)3/h6,8-13,24,36H,5,7,14-19H2,1-4H3,(H,31,37). The van der Waals surface area contributed by atoms with Crippen LogP contribution in [0.1, 0.15) is 46.5 Å². The number of piperazine rings is 1. The number of nitrogens with one attached hydrogen (secondary N) is 1. The molecule has 1 aliphatic rings. The molecule has 2 heterocycles. The van der Waals surface area contributed by atoms with E-state index in [1.165, 1.54) is 11.3 Å². The zero-order valence-corrected chi connectivity index (χ0v) is 23.1. The Morgan fingerprint density at radius 3 is 2.46 bits per heavy atom. The Kier molecular flexibility index (Phi) is 8.90. The second-order valence-corrected chi connectivity index (χ2v) is 10.3. The van der Waals surface area contributed by atoms with Crippen LogP contribution in [0.3, 0.4) is 0 Å². The number of amides is 1. The molecular weight excluding hydrogens is 486 g/mol. The number of nitrogens with zero attached hydrogens (tertiary/aromatic N) is 4. The Bertz CT molecular complexity index is 1220. The van der Waals surface area contributed by atoms with Crippen LogP contribution in [0.4, 0.5) is 5.69 Å². The molecule has 0 radical (unpaired) electrons. The third-order valence-electron chi connectivity index (χ3n) is 7.08. The second kappa shape index (κ2) is 12.1. The van der Waals surface area contributed by atoms with Gasteiger partial charge in [0.15, 0.2) is 0 Å². The molecule has 1 fully saturated rings. The van der Waals surface area contributed by atoms with Crippen molar-refractivity contribution in [3.05, 3.63) is 75.8 Å². The lowest BCUT2D eigenvalue weighted by atomic mass is 10.1. The van der Waals surface area contributed by atoms with Crippen molar-refractivity contribution in [1.82, 2.24) is 19.8 Å². The van der Waals surface area contributed by atoms with Gasteiger partial charge in [-0.1, -0.05) is 42.3 Å².